The molecule has 0 N–H and O–H groups in total. The van der Waals surface area contributed by atoms with E-state index in [4.69, 9.17) is 0 Å². The van der Waals surface area contributed by atoms with Crippen molar-refractivity contribution in [2.24, 2.45) is 0 Å². The van der Waals surface area contributed by atoms with Gasteiger partial charge >= 0.3 is 0 Å². The Morgan fingerprint density at radius 3 is 3.05 bits per heavy atom. The molecule has 0 radical (unpaired) electrons. The Morgan fingerprint density at radius 1 is 1.53 bits per heavy atom. The van der Waals surface area contributed by atoms with E-state index in [1.165, 1.54) is 6.42 Å². The number of nitrogens with zero attached hydrogens (tertiary/aromatic N) is 2. The number of hydrogen-bond donors (Lipinski definition) is 0. The lowest BCUT2D eigenvalue weighted by atomic mass is 10.00. The van der Waals surface area contributed by atoms with Gasteiger partial charge in [0.15, 0.2) is 0 Å². The lowest BCUT2D eigenvalue weighted by Crippen LogP contribution is -2.46. The molecular formula is C15H22N2OS. The number of hydrogen-bond acceptors (Lipinski definition) is 3. The highest BCUT2D eigenvalue weighted by molar-refractivity contribution is 8.00. The average molecular weight is 278 g/mol. The zero-order valence-electron chi connectivity index (χ0n) is 11.7. The summed E-state index contributed by atoms with van der Waals surface area (Å²) in [5.41, 5.74) is 0. The number of rotatable bonds is 4. The highest BCUT2D eigenvalue weighted by Crippen LogP contribution is 2.26. The molecule has 1 aromatic heterocycles. The summed E-state index contributed by atoms with van der Waals surface area (Å²) in [6.07, 6.45) is 6.39. The minimum Gasteiger partial charge on any atom is -0.339 e. The van der Waals surface area contributed by atoms with Crippen molar-refractivity contribution in [2.75, 3.05) is 6.54 Å². The largest absolute Gasteiger partial charge is 0.339 e. The Labute approximate surface area is 119 Å². The molecule has 19 heavy (non-hydrogen) atoms. The summed E-state index contributed by atoms with van der Waals surface area (Å²) in [5, 5.41) is 0.871. The minimum absolute atomic E-state index is 0.0537. The second-order valence-electron chi connectivity index (χ2n) is 5.02. The third kappa shape index (κ3) is 3.72. The molecular weight excluding hydrogens is 256 g/mol. The van der Waals surface area contributed by atoms with E-state index in [0.717, 1.165) is 30.8 Å². The van der Waals surface area contributed by atoms with E-state index in [9.17, 15) is 4.79 Å². The third-order valence-electron chi connectivity index (χ3n) is 3.66. The van der Waals surface area contributed by atoms with Crippen LogP contribution in [-0.2, 0) is 4.79 Å². The van der Waals surface area contributed by atoms with Gasteiger partial charge in [0.2, 0.25) is 5.91 Å². The SMILES string of the molecule is CCC1CCCCN1C(=O)C(C)Sc1ccccn1. The van der Waals surface area contributed by atoms with E-state index >= 15 is 0 Å². The molecule has 0 bridgehead atoms. The number of likely N-dealkylation sites (tertiary alicyclic amines) is 1. The van der Waals surface area contributed by atoms with Crippen LogP contribution in [0.4, 0.5) is 0 Å². The zero-order chi connectivity index (χ0) is 13.7. The molecule has 1 aromatic rings. The predicted molar refractivity (Wildman–Crippen MR) is 79.2 cm³/mol. The smallest absolute Gasteiger partial charge is 0.236 e. The Bertz CT molecular complexity index is 410. The zero-order valence-corrected chi connectivity index (χ0v) is 12.5. The van der Waals surface area contributed by atoms with E-state index < -0.39 is 0 Å². The number of aromatic nitrogens is 1. The molecule has 1 aliphatic heterocycles. The van der Waals surface area contributed by atoms with Crippen molar-refractivity contribution >= 4 is 17.7 Å². The first-order chi connectivity index (χ1) is 9.22. The van der Waals surface area contributed by atoms with Crippen molar-refractivity contribution < 1.29 is 4.79 Å². The van der Waals surface area contributed by atoms with Crippen molar-refractivity contribution in [2.45, 2.75) is 55.8 Å². The number of thioether (sulfide) groups is 1. The minimum atomic E-state index is -0.0537. The quantitative estimate of drug-likeness (QED) is 0.792. The van der Waals surface area contributed by atoms with Crippen molar-refractivity contribution in [1.82, 2.24) is 9.88 Å². The van der Waals surface area contributed by atoms with Gasteiger partial charge in [0, 0.05) is 18.8 Å². The summed E-state index contributed by atoms with van der Waals surface area (Å²) in [6, 6.07) is 6.26. The molecule has 1 fully saturated rings. The van der Waals surface area contributed by atoms with Gasteiger partial charge in [-0.3, -0.25) is 4.79 Å². The molecule has 2 unspecified atom stereocenters. The van der Waals surface area contributed by atoms with Crippen LogP contribution in [0.3, 0.4) is 0 Å². The van der Waals surface area contributed by atoms with E-state index in [-0.39, 0.29) is 11.2 Å². The first-order valence-corrected chi connectivity index (χ1v) is 7.98. The maximum atomic E-state index is 12.5. The molecule has 0 saturated carbocycles. The summed E-state index contributed by atoms with van der Waals surface area (Å²) in [5.74, 6) is 0.266. The van der Waals surface area contributed by atoms with Gasteiger partial charge in [-0.25, -0.2) is 4.98 Å². The van der Waals surface area contributed by atoms with Crippen LogP contribution in [0.2, 0.25) is 0 Å². The van der Waals surface area contributed by atoms with E-state index in [0.29, 0.717) is 6.04 Å². The van der Waals surface area contributed by atoms with Crippen molar-refractivity contribution in [3.63, 3.8) is 0 Å². The topological polar surface area (TPSA) is 33.2 Å². The number of amides is 1. The lowest BCUT2D eigenvalue weighted by Gasteiger charge is -2.36. The van der Waals surface area contributed by atoms with Crippen molar-refractivity contribution in [3.8, 4) is 0 Å². The number of piperidine rings is 1. The van der Waals surface area contributed by atoms with Gasteiger partial charge in [0.05, 0.1) is 10.3 Å². The van der Waals surface area contributed by atoms with Crippen LogP contribution in [0.25, 0.3) is 0 Å². The molecule has 3 nitrogen and oxygen atoms in total. The fourth-order valence-corrected chi connectivity index (χ4v) is 3.47. The molecule has 104 valence electrons. The normalized spacial score (nSPS) is 21.2. The molecule has 0 aromatic carbocycles. The summed E-state index contributed by atoms with van der Waals surface area (Å²) in [4.78, 5) is 18.9. The summed E-state index contributed by atoms with van der Waals surface area (Å²) < 4.78 is 0. The Morgan fingerprint density at radius 2 is 2.37 bits per heavy atom. The third-order valence-corrected chi connectivity index (χ3v) is 4.70. The first-order valence-electron chi connectivity index (χ1n) is 7.10. The van der Waals surface area contributed by atoms with Crippen LogP contribution in [0.1, 0.15) is 39.5 Å². The fourth-order valence-electron chi connectivity index (χ4n) is 2.60. The van der Waals surface area contributed by atoms with Crippen LogP contribution in [0.5, 0.6) is 0 Å². The molecule has 2 heterocycles. The molecule has 0 spiro atoms. The van der Waals surface area contributed by atoms with E-state index in [2.05, 4.69) is 16.8 Å². The second kappa shape index (κ2) is 6.94. The predicted octanol–water partition coefficient (Wildman–Crippen LogP) is 3.35. The van der Waals surface area contributed by atoms with Gasteiger partial charge < -0.3 is 4.90 Å². The maximum absolute atomic E-state index is 12.5. The van der Waals surface area contributed by atoms with Crippen LogP contribution in [0.15, 0.2) is 29.4 Å². The Balaban J connectivity index is 1.98. The van der Waals surface area contributed by atoms with Gasteiger partial charge in [-0.05, 0) is 44.7 Å². The second-order valence-corrected chi connectivity index (χ2v) is 6.38. The number of pyridine rings is 1. The molecule has 1 aliphatic rings. The molecule has 2 atom stereocenters. The maximum Gasteiger partial charge on any atom is 0.236 e. The number of carbonyl (C=O) groups excluding carboxylic acids is 1. The lowest BCUT2D eigenvalue weighted by molar-refractivity contribution is -0.134. The summed E-state index contributed by atoms with van der Waals surface area (Å²) in [7, 11) is 0. The van der Waals surface area contributed by atoms with Crippen molar-refractivity contribution in [1.29, 1.82) is 0 Å². The molecule has 2 rings (SSSR count). The highest BCUT2D eigenvalue weighted by Gasteiger charge is 2.29. The van der Waals surface area contributed by atoms with Crippen LogP contribution >= 0.6 is 11.8 Å². The molecule has 4 heteroatoms. The first kappa shape index (κ1) is 14.4. The van der Waals surface area contributed by atoms with Gasteiger partial charge in [0.25, 0.3) is 0 Å². The molecule has 1 saturated heterocycles. The van der Waals surface area contributed by atoms with Crippen LogP contribution in [-0.4, -0.2) is 33.6 Å². The standard InChI is InChI=1S/C15H22N2OS/c1-3-13-8-5-7-11-17(13)15(18)12(2)19-14-9-4-6-10-16-14/h4,6,9-10,12-13H,3,5,7-8,11H2,1-2H3. The monoisotopic (exact) mass is 278 g/mol. The van der Waals surface area contributed by atoms with Gasteiger partial charge in [0.1, 0.15) is 0 Å². The highest BCUT2D eigenvalue weighted by atomic mass is 32.2. The number of carbonyl (C=O) groups is 1. The van der Waals surface area contributed by atoms with Gasteiger partial charge in [-0.2, -0.15) is 0 Å². The fraction of sp³-hybridized carbons (Fsp3) is 0.600. The Kier molecular flexibility index (Phi) is 5.25. The molecule has 1 amide bonds. The Hall–Kier alpha value is -1.03. The van der Waals surface area contributed by atoms with E-state index in [1.807, 2.05) is 25.1 Å². The van der Waals surface area contributed by atoms with E-state index in [1.54, 1.807) is 18.0 Å². The van der Waals surface area contributed by atoms with Gasteiger partial charge in [-0.15, -0.1) is 0 Å². The summed E-state index contributed by atoms with van der Waals surface area (Å²) >= 11 is 1.56. The van der Waals surface area contributed by atoms with Gasteiger partial charge in [-0.1, -0.05) is 24.8 Å². The van der Waals surface area contributed by atoms with Crippen LogP contribution in [0, 0.1) is 0 Å². The summed E-state index contributed by atoms with van der Waals surface area (Å²) in [6.45, 7) is 5.08. The average Bonchev–Trinajstić information content (AvgIpc) is 2.47. The van der Waals surface area contributed by atoms with Crippen LogP contribution < -0.4 is 0 Å². The molecule has 0 aliphatic carbocycles. The van der Waals surface area contributed by atoms with Crippen molar-refractivity contribution in [3.05, 3.63) is 24.4 Å².